The molecule has 5 heteroatoms. The van der Waals surface area contributed by atoms with Crippen molar-refractivity contribution >= 4 is 22.7 Å². The van der Waals surface area contributed by atoms with Gasteiger partial charge < -0.3 is 15.2 Å². The van der Waals surface area contributed by atoms with Gasteiger partial charge in [-0.25, -0.2) is 0 Å². The van der Waals surface area contributed by atoms with Crippen LogP contribution in [0.4, 0.5) is 0 Å². The third kappa shape index (κ3) is 3.23. The molecule has 0 spiro atoms. The number of H-pyrrole nitrogens is 1. The van der Waals surface area contributed by atoms with Gasteiger partial charge in [0, 0.05) is 36.5 Å². The van der Waals surface area contributed by atoms with Crippen molar-refractivity contribution in [3.63, 3.8) is 0 Å². The summed E-state index contributed by atoms with van der Waals surface area (Å²) in [5.41, 5.74) is 3.87. The Hall–Kier alpha value is -2.30. The second-order valence-electron chi connectivity index (χ2n) is 6.54. The van der Waals surface area contributed by atoms with Crippen LogP contribution in [0.5, 0.6) is 0 Å². The topological polar surface area (TPSA) is 65.2 Å². The molecule has 1 aliphatic rings. The maximum atomic E-state index is 12.4. The smallest absolute Gasteiger partial charge is 0.267 e. The molecule has 2 N–H and O–H groups in total. The first-order valence-corrected chi connectivity index (χ1v) is 8.12. The quantitative estimate of drug-likeness (QED) is 0.911. The number of amides is 2. The van der Waals surface area contributed by atoms with Crippen LogP contribution < -0.4 is 5.32 Å². The van der Waals surface area contributed by atoms with E-state index in [0.717, 1.165) is 29.4 Å². The van der Waals surface area contributed by atoms with E-state index in [9.17, 15) is 9.59 Å². The molecule has 0 bridgehead atoms. The number of hydrogen-bond donors (Lipinski definition) is 2. The Bertz CT molecular complexity index is 763. The minimum atomic E-state index is -0.127. The zero-order chi connectivity index (χ0) is 16.6. The number of nitrogens with zero attached hydrogens (tertiary/aromatic N) is 1. The first-order chi connectivity index (χ1) is 10.9. The van der Waals surface area contributed by atoms with Gasteiger partial charge >= 0.3 is 0 Å². The molecule has 5 nitrogen and oxygen atoms in total. The van der Waals surface area contributed by atoms with Crippen molar-refractivity contribution in [2.45, 2.75) is 39.7 Å². The second kappa shape index (κ2) is 6.07. The number of carbonyl (C=O) groups excluding carboxylic acids is 2. The van der Waals surface area contributed by atoms with E-state index in [1.807, 2.05) is 37.8 Å². The number of hydrogen-bond acceptors (Lipinski definition) is 2. The van der Waals surface area contributed by atoms with Crippen LogP contribution in [0.15, 0.2) is 18.2 Å². The highest BCUT2D eigenvalue weighted by Crippen LogP contribution is 2.21. The van der Waals surface area contributed by atoms with E-state index >= 15 is 0 Å². The van der Waals surface area contributed by atoms with E-state index < -0.39 is 0 Å². The molecule has 23 heavy (non-hydrogen) atoms. The van der Waals surface area contributed by atoms with E-state index in [-0.39, 0.29) is 17.9 Å². The lowest BCUT2D eigenvalue weighted by Gasteiger charge is -2.21. The molecule has 2 heterocycles. The molecule has 0 aliphatic carbocycles. The zero-order valence-electron chi connectivity index (χ0n) is 13.9. The first kappa shape index (κ1) is 15.6. The van der Waals surface area contributed by atoms with Crippen LogP contribution in [-0.2, 0) is 4.79 Å². The molecule has 0 unspecified atom stereocenters. The van der Waals surface area contributed by atoms with Crippen molar-refractivity contribution in [1.82, 2.24) is 15.2 Å². The van der Waals surface area contributed by atoms with Crippen LogP contribution in [0.1, 0.15) is 41.4 Å². The largest absolute Gasteiger partial charge is 0.351 e. The molecule has 1 atom stereocenters. The van der Waals surface area contributed by atoms with Crippen LogP contribution in [0.2, 0.25) is 0 Å². The highest BCUT2D eigenvalue weighted by Gasteiger charge is 2.23. The number of benzene rings is 1. The fourth-order valence-electron chi connectivity index (χ4n) is 3.30. The highest BCUT2D eigenvalue weighted by atomic mass is 16.2. The summed E-state index contributed by atoms with van der Waals surface area (Å²) in [6.07, 6.45) is 1.54. The van der Waals surface area contributed by atoms with Gasteiger partial charge in [-0.2, -0.15) is 0 Å². The van der Waals surface area contributed by atoms with E-state index in [1.54, 1.807) is 0 Å². The first-order valence-electron chi connectivity index (χ1n) is 8.12. The average molecular weight is 313 g/mol. The summed E-state index contributed by atoms with van der Waals surface area (Å²) in [6.45, 7) is 7.39. The van der Waals surface area contributed by atoms with Crippen molar-refractivity contribution in [3.8, 4) is 0 Å². The maximum Gasteiger partial charge on any atom is 0.267 e. The van der Waals surface area contributed by atoms with Gasteiger partial charge in [-0.1, -0.05) is 6.07 Å². The van der Waals surface area contributed by atoms with Crippen LogP contribution in [0.25, 0.3) is 10.9 Å². The number of likely N-dealkylation sites (tertiary alicyclic amines) is 1. The molecular weight excluding hydrogens is 290 g/mol. The Morgan fingerprint density at radius 2 is 2.13 bits per heavy atom. The van der Waals surface area contributed by atoms with Gasteiger partial charge in [0.2, 0.25) is 5.91 Å². The molecule has 1 aromatic carbocycles. The van der Waals surface area contributed by atoms with Crippen molar-refractivity contribution in [2.75, 3.05) is 13.1 Å². The predicted octanol–water partition coefficient (Wildman–Crippen LogP) is 2.53. The number of aromatic nitrogens is 1. The molecule has 0 radical (unpaired) electrons. The number of aromatic amines is 1. The summed E-state index contributed by atoms with van der Waals surface area (Å²) in [7, 11) is 0. The Morgan fingerprint density at radius 1 is 1.35 bits per heavy atom. The Balaban J connectivity index is 1.70. The van der Waals surface area contributed by atoms with E-state index in [2.05, 4.69) is 16.4 Å². The number of fused-ring (bicyclic) bond motifs is 1. The van der Waals surface area contributed by atoms with Crippen LogP contribution in [-0.4, -0.2) is 40.8 Å². The molecule has 2 aromatic rings. The van der Waals surface area contributed by atoms with Crippen molar-refractivity contribution in [2.24, 2.45) is 0 Å². The molecule has 1 aliphatic heterocycles. The van der Waals surface area contributed by atoms with E-state index in [0.29, 0.717) is 18.7 Å². The van der Waals surface area contributed by atoms with Gasteiger partial charge in [-0.15, -0.1) is 0 Å². The van der Waals surface area contributed by atoms with Gasteiger partial charge in [0.05, 0.1) is 0 Å². The molecule has 122 valence electrons. The maximum absolute atomic E-state index is 12.4. The Morgan fingerprint density at radius 3 is 2.83 bits per heavy atom. The van der Waals surface area contributed by atoms with E-state index in [4.69, 9.17) is 0 Å². The van der Waals surface area contributed by atoms with Crippen molar-refractivity contribution < 1.29 is 9.59 Å². The molecule has 1 aromatic heterocycles. The average Bonchev–Trinajstić information content (AvgIpc) is 3.06. The lowest BCUT2D eigenvalue weighted by atomic mass is 10.1. The number of aryl methyl sites for hydroxylation is 2. The summed E-state index contributed by atoms with van der Waals surface area (Å²) in [6, 6.07) is 5.98. The van der Waals surface area contributed by atoms with Crippen molar-refractivity contribution in [3.05, 3.63) is 35.0 Å². The molecule has 0 saturated carbocycles. The normalized spacial score (nSPS) is 16.1. The third-order valence-electron chi connectivity index (χ3n) is 4.38. The Kier molecular flexibility index (Phi) is 4.11. The molecule has 1 fully saturated rings. The summed E-state index contributed by atoms with van der Waals surface area (Å²) in [5, 5.41) is 4.05. The van der Waals surface area contributed by atoms with E-state index in [1.165, 1.54) is 5.56 Å². The van der Waals surface area contributed by atoms with Gasteiger partial charge in [-0.05, 0) is 50.5 Å². The number of nitrogens with one attached hydrogen (secondary N) is 2. The predicted molar refractivity (Wildman–Crippen MR) is 90.5 cm³/mol. The summed E-state index contributed by atoms with van der Waals surface area (Å²) in [5.74, 6) is 0.0558. The summed E-state index contributed by atoms with van der Waals surface area (Å²) in [4.78, 5) is 29.1. The Labute approximate surface area is 136 Å². The number of rotatable bonds is 4. The lowest BCUT2D eigenvalue weighted by molar-refractivity contribution is -0.127. The van der Waals surface area contributed by atoms with Gasteiger partial charge in [0.1, 0.15) is 5.69 Å². The molecular formula is C18H23N3O2. The SMILES string of the molecule is Cc1cc(C)c2cc(C(=O)N[C@@H](C)CN3CCCC3=O)[nH]c2c1. The molecule has 2 amide bonds. The third-order valence-corrected chi connectivity index (χ3v) is 4.38. The summed E-state index contributed by atoms with van der Waals surface area (Å²) >= 11 is 0. The monoisotopic (exact) mass is 313 g/mol. The van der Waals surface area contributed by atoms with Gasteiger partial charge in [-0.3, -0.25) is 9.59 Å². The minimum Gasteiger partial charge on any atom is -0.351 e. The second-order valence-corrected chi connectivity index (χ2v) is 6.54. The summed E-state index contributed by atoms with van der Waals surface area (Å²) < 4.78 is 0. The fraction of sp³-hybridized carbons (Fsp3) is 0.444. The molecule has 3 rings (SSSR count). The lowest BCUT2D eigenvalue weighted by Crippen LogP contribution is -2.42. The van der Waals surface area contributed by atoms with Crippen molar-refractivity contribution in [1.29, 1.82) is 0 Å². The minimum absolute atomic E-state index is 0.0706. The van der Waals surface area contributed by atoms with Crippen LogP contribution >= 0.6 is 0 Å². The van der Waals surface area contributed by atoms with Gasteiger partial charge in [0.25, 0.3) is 5.91 Å². The molecule has 1 saturated heterocycles. The van der Waals surface area contributed by atoms with Crippen LogP contribution in [0, 0.1) is 13.8 Å². The standard InChI is InChI=1S/C18H23N3O2/c1-11-7-12(2)14-9-16(20-15(14)8-11)18(23)19-13(3)10-21-6-4-5-17(21)22/h7-9,13,20H,4-6,10H2,1-3H3,(H,19,23)/t13-/m0/s1. The fourth-order valence-corrected chi connectivity index (χ4v) is 3.30. The highest BCUT2D eigenvalue weighted by molar-refractivity contribution is 5.99. The van der Waals surface area contributed by atoms with Crippen LogP contribution in [0.3, 0.4) is 0 Å². The zero-order valence-corrected chi connectivity index (χ0v) is 13.9. The number of carbonyl (C=O) groups is 2. The van der Waals surface area contributed by atoms with Gasteiger partial charge in [0.15, 0.2) is 0 Å².